The van der Waals surface area contributed by atoms with Gasteiger partial charge in [-0.05, 0) is 57.1 Å². The lowest BCUT2D eigenvalue weighted by Crippen LogP contribution is -2.50. The van der Waals surface area contributed by atoms with Gasteiger partial charge in [0.2, 0.25) is 5.88 Å². The van der Waals surface area contributed by atoms with E-state index in [0.29, 0.717) is 17.8 Å². The number of ether oxygens (including phenoxy) is 2. The van der Waals surface area contributed by atoms with Crippen molar-refractivity contribution < 1.29 is 9.47 Å². The zero-order valence-corrected chi connectivity index (χ0v) is 13.1. The Morgan fingerprint density at radius 2 is 2.33 bits per heavy atom. The van der Waals surface area contributed by atoms with Crippen LogP contribution in [0.15, 0.2) is 18.3 Å². The molecule has 4 heteroatoms. The molecule has 1 saturated carbocycles. The van der Waals surface area contributed by atoms with Gasteiger partial charge in [0, 0.05) is 24.9 Å². The Balaban J connectivity index is 1.63. The fraction of sp³-hybridized carbons (Fsp3) is 0.706. The fourth-order valence-corrected chi connectivity index (χ4v) is 3.74. The number of aromatic nitrogens is 1. The summed E-state index contributed by atoms with van der Waals surface area (Å²) >= 11 is 0. The van der Waals surface area contributed by atoms with E-state index in [4.69, 9.17) is 9.47 Å². The van der Waals surface area contributed by atoms with Crippen molar-refractivity contribution in [2.24, 2.45) is 5.92 Å². The standard InChI is InChI=1S/C17H26N2O2/c1-18-15(10-13-4-5-16(20-2)19-12-13)14-6-9-21-17(11-14)7-3-8-17/h4-5,12,14-15,18H,3,6-11H2,1-2H3. The zero-order chi connectivity index (χ0) is 14.7. The van der Waals surface area contributed by atoms with Crippen LogP contribution in [0.4, 0.5) is 0 Å². The fourth-order valence-electron chi connectivity index (χ4n) is 3.74. The minimum absolute atomic E-state index is 0.218. The SMILES string of the molecule is CNC(Cc1ccc(OC)nc1)C1CCOC2(CCC2)C1. The number of nitrogens with one attached hydrogen (secondary N) is 1. The van der Waals surface area contributed by atoms with E-state index >= 15 is 0 Å². The third-order valence-corrected chi connectivity index (χ3v) is 5.20. The van der Waals surface area contributed by atoms with Crippen molar-refractivity contribution in [1.29, 1.82) is 0 Å². The van der Waals surface area contributed by atoms with Crippen molar-refractivity contribution in [1.82, 2.24) is 10.3 Å². The molecule has 2 heterocycles. The first-order chi connectivity index (χ1) is 10.2. The first-order valence-corrected chi connectivity index (χ1v) is 8.05. The largest absolute Gasteiger partial charge is 0.481 e. The van der Waals surface area contributed by atoms with Crippen LogP contribution in [0, 0.1) is 5.92 Å². The minimum atomic E-state index is 0.218. The van der Waals surface area contributed by atoms with Crippen molar-refractivity contribution in [3.8, 4) is 5.88 Å². The second-order valence-corrected chi connectivity index (χ2v) is 6.45. The normalized spacial score (nSPS) is 25.3. The number of hydrogen-bond acceptors (Lipinski definition) is 4. The first-order valence-electron chi connectivity index (χ1n) is 8.05. The molecular weight excluding hydrogens is 264 g/mol. The van der Waals surface area contributed by atoms with Crippen LogP contribution in [0.5, 0.6) is 5.88 Å². The molecule has 2 fully saturated rings. The third kappa shape index (κ3) is 3.22. The zero-order valence-electron chi connectivity index (χ0n) is 13.1. The molecule has 1 aromatic heterocycles. The Kier molecular flexibility index (Phi) is 4.45. The Morgan fingerprint density at radius 3 is 2.90 bits per heavy atom. The Morgan fingerprint density at radius 1 is 1.48 bits per heavy atom. The smallest absolute Gasteiger partial charge is 0.212 e. The summed E-state index contributed by atoms with van der Waals surface area (Å²) < 4.78 is 11.2. The second kappa shape index (κ2) is 6.32. The van der Waals surface area contributed by atoms with Crippen molar-refractivity contribution in [3.05, 3.63) is 23.9 Å². The van der Waals surface area contributed by atoms with E-state index in [9.17, 15) is 0 Å². The van der Waals surface area contributed by atoms with Gasteiger partial charge in [0.25, 0.3) is 0 Å². The highest BCUT2D eigenvalue weighted by Gasteiger charge is 2.44. The van der Waals surface area contributed by atoms with Gasteiger partial charge in [0.1, 0.15) is 0 Å². The molecule has 1 spiro atoms. The molecule has 0 aromatic carbocycles. The number of pyridine rings is 1. The highest BCUT2D eigenvalue weighted by atomic mass is 16.5. The predicted molar refractivity (Wildman–Crippen MR) is 82.6 cm³/mol. The molecule has 4 nitrogen and oxygen atoms in total. The van der Waals surface area contributed by atoms with E-state index in [-0.39, 0.29) is 5.60 Å². The number of nitrogens with zero attached hydrogens (tertiary/aromatic N) is 1. The van der Waals surface area contributed by atoms with E-state index < -0.39 is 0 Å². The van der Waals surface area contributed by atoms with Gasteiger partial charge in [-0.15, -0.1) is 0 Å². The topological polar surface area (TPSA) is 43.4 Å². The summed E-state index contributed by atoms with van der Waals surface area (Å²) in [6, 6.07) is 4.57. The number of rotatable bonds is 5. The number of methoxy groups -OCH3 is 1. The van der Waals surface area contributed by atoms with Gasteiger partial charge in [-0.2, -0.15) is 0 Å². The lowest BCUT2D eigenvalue weighted by Gasteiger charge is -2.48. The summed E-state index contributed by atoms with van der Waals surface area (Å²) in [4.78, 5) is 4.31. The van der Waals surface area contributed by atoms with E-state index in [1.54, 1.807) is 7.11 Å². The van der Waals surface area contributed by atoms with Crippen molar-refractivity contribution >= 4 is 0 Å². The average molecular weight is 290 g/mol. The van der Waals surface area contributed by atoms with Crippen LogP contribution < -0.4 is 10.1 Å². The van der Waals surface area contributed by atoms with Crippen molar-refractivity contribution in [2.45, 2.75) is 50.2 Å². The van der Waals surface area contributed by atoms with Crippen LogP contribution in [-0.2, 0) is 11.2 Å². The van der Waals surface area contributed by atoms with E-state index in [2.05, 4.69) is 23.4 Å². The molecule has 0 bridgehead atoms. The lowest BCUT2D eigenvalue weighted by molar-refractivity contribution is -0.146. The maximum atomic E-state index is 6.05. The van der Waals surface area contributed by atoms with Gasteiger partial charge in [-0.1, -0.05) is 6.07 Å². The number of likely N-dealkylation sites (N-methyl/N-ethyl adjacent to an activating group) is 1. The van der Waals surface area contributed by atoms with E-state index in [1.807, 2.05) is 12.3 Å². The van der Waals surface area contributed by atoms with Crippen molar-refractivity contribution in [2.75, 3.05) is 20.8 Å². The molecule has 1 N–H and O–H groups in total. The molecule has 21 heavy (non-hydrogen) atoms. The van der Waals surface area contributed by atoms with E-state index in [0.717, 1.165) is 19.4 Å². The Bertz CT molecular complexity index is 456. The van der Waals surface area contributed by atoms with Gasteiger partial charge in [0.05, 0.1) is 12.7 Å². The van der Waals surface area contributed by atoms with Crippen LogP contribution in [0.1, 0.15) is 37.7 Å². The molecule has 1 aliphatic heterocycles. The second-order valence-electron chi connectivity index (χ2n) is 6.45. The molecule has 2 unspecified atom stereocenters. The molecular formula is C17H26N2O2. The summed E-state index contributed by atoms with van der Waals surface area (Å²) in [5, 5.41) is 3.52. The molecule has 1 aliphatic carbocycles. The Hall–Kier alpha value is -1.13. The van der Waals surface area contributed by atoms with E-state index in [1.165, 1.54) is 31.2 Å². The quantitative estimate of drug-likeness (QED) is 0.905. The summed E-state index contributed by atoms with van der Waals surface area (Å²) in [5.74, 6) is 1.38. The van der Waals surface area contributed by atoms with Gasteiger partial charge in [-0.3, -0.25) is 0 Å². The summed E-state index contributed by atoms with van der Waals surface area (Å²) in [5.41, 5.74) is 1.49. The van der Waals surface area contributed by atoms with Crippen LogP contribution in [0.3, 0.4) is 0 Å². The minimum Gasteiger partial charge on any atom is -0.481 e. The first kappa shape index (κ1) is 14.8. The predicted octanol–water partition coefficient (Wildman–Crippen LogP) is 2.57. The summed E-state index contributed by atoms with van der Waals surface area (Å²) in [6.07, 6.45) is 9.17. The average Bonchev–Trinajstić information content (AvgIpc) is 2.52. The van der Waals surface area contributed by atoms with Gasteiger partial charge >= 0.3 is 0 Å². The van der Waals surface area contributed by atoms with Gasteiger partial charge < -0.3 is 14.8 Å². The number of hydrogen-bond donors (Lipinski definition) is 1. The summed E-state index contributed by atoms with van der Waals surface area (Å²) in [6.45, 7) is 0.920. The molecule has 1 saturated heterocycles. The maximum absolute atomic E-state index is 6.05. The van der Waals surface area contributed by atoms with Gasteiger partial charge in [0.15, 0.2) is 0 Å². The molecule has 2 aliphatic rings. The molecule has 116 valence electrons. The van der Waals surface area contributed by atoms with Crippen LogP contribution >= 0.6 is 0 Å². The monoisotopic (exact) mass is 290 g/mol. The Labute approximate surface area is 127 Å². The van der Waals surface area contributed by atoms with Crippen LogP contribution in [0.25, 0.3) is 0 Å². The van der Waals surface area contributed by atoms with Crippen molar-refractivity contribution in [3.63, 3.8) is 0 Å². The lowest BCUT2D eigenvalue weighted by atomic mass is 9.70. The molecule has 0 radical (unpaired) electrons. The highest BCUT2D eigenvalue weighted by molar-refractivity contribution is 5.19. The highest BCUT2D eigenvalue weighted by Crippen LogP contribution is 2.45. The van der Waals surface area contributed by atoms with Gasteiger partial charge in [-0.25, -0.2) is 4.98 Å². The molecule has 1 aromatic rings. The molecule has 3 rings (SSSR count). The van der Waals surface area contributed by atoms with Crippen LogP contribution in [-0.4, -0.2) is 37.4 Å². The molecule has 2 atom stereocenters. The molecule has 0 amide bonds. The third-order valence-electron chi connectivity index (χ3n) is 5.20. The van der Waals surface area contributed by atoms with Crippen LogP contribution in [0.2, 0.25) is 0 Å². The summed E-state index contributed by atoms with van der Waals surface area (Å²) in [7, 11) is 3.73. The maximum Gasteiger partial charge on any atom is 0.212 e.